The summed E-state index contributed by atoms with van der Waals surface area (Å²) < 4.78 is 101. The first-order chi connectivity index (χ1) is 18.4. The molecule has 11 nitrogen and oxygen atoms in total. The monoisotopic (exact) mass is 610 g/mol. The van der Waals surface area contributed by atoms with Crippen LogP contribution in [-0.4, -0.2) is 51.7 Å². The lowest BCUT2D eigenvalue weighted by Gasteiger charge is -2.23. The first-order valence-electron chi connectivity index (χ1n) is 11.9. The molecule has 2 aromatic carbocycles. The third kappa shape index (κ3) is 8.14. The summed E-state index contributed by atoms with van der Waals surface area (Å²) in [6, 6.07) is 2.08. The van der Waals surface area contributed by atoms with Crippen molar-refractivity contribution in [2.45, 2.75) is 53.1 Å². The molecule has 0 amide bonds. The van der Waals surface area contributed by atoms with Gasteiger partial charge in [-0.15, -0.1) is 0 Å². The number of anilines is 1. The number of nitrogens with zero attached hydrogens (tertiary/aromatic N) is 2. The fourth-order valence-electron chi connectivity index (χ4n) is 3.60. The normalized spacial score (nSPS) is 12.6. The van der Waals surface area contributed by atoms with Gasteiger partial charge in [0, 0.05) is 30.0 Å². The van der Waals surface area contributed by atoms with Gasteiger partial charge in [0.15, 0.2) is 11.6 Å². The van der Waals surface area contributed by atoms with Crippen LogP contribution in [0.25, 0.3) is 0 Å². The van der Waals surface area contributed by atoms with Gasteiger partial charge in [-0.2, -0.15) is 4.39 Å². The molecule has 0 aliphatic carbocycles. The molecule has 0 fully saturated rings. The van der Waals surface area contributed by atoms with Crippen LogP contribution >= 0.6 is 0 Å². The van der Waals surface area contributed by atoms with Crippen LogP contribution in [0.1, 0.15) is 56.5 Å². The first kappa shape index (κ1) is 33.0. The van der Waals surface area contributed by atoms with Gasteiger partial charge in [0.25, 0.3) is 17.0 Å². The lowest BCUT2D eigenvalue weighted by Crippen LogP contribution is -2.29. The second kappa shape index (κ2) is 13.0. The molecule has 40 heavy (non-hydrogen) atoms. The predicted molar refractivity (Wildman–Crippen MR) is 141 cm³/mol. The lowest BCUT2D eigenvalue weighted by molar-refractivity contribution is -0.385. The number of hydrogen-bond acceptors (Lipinski definition) is 8. The van der Waals surface area contributed by atoms with Gasteiger partial charge in [-0.3, -0.25) is 19.0 Å². The van der Waals surface area contributed by atoms with Crippen molar-refractivity contribution in [3.05, 3.63) is 56.9 Å². The Kier molecular flexibility index (Phi) is 10.7. The molecule has 1 atom stereocenters. The van der Waals surface area contributed by atoms with Gasteiger partial charge < -0.3 is 9.47 Å². The fraction of sp³-hybridized carbons (Fsp3) is 0.458. The number of carbonyl (C=O) groups is 1. The van der Waals surface area contributed by atoms with E-state index in [1.165, 1.54) is 27.7 Å². The average molecular weight is 611 g/mol. The van der Waals surface area contributed by atoms with Crippen LogP contribution in [0.3, 0.4) is 0 Å². The summed E-state index contributed by atoms with van der Waals surface area (Å²) >= 11 is -2.98. The first-order valence-corrected chi connectivity index (χ1v) is 14.7. The molecule has 2 aromatic rings. The van der Waals surface area contributed by atoms with Crippen LogP contribution in [0.5, 0.6) is 11.5 Å². The zero-order valence-corrected chi connectivity index (χ0v) is 24.0. The van der Waals surface area contributed by atoms with E-state index in [4.69, 9.17) is 9.47 Å². The number of carbonyl (C=O) groups excluding carboxylic acids is 1. The van der Waals surface area contributed by atoms with Gasteiger partial charge >= 0.3 is 5.97 Å². The second-order valence-electron chi connectivity index (χ2n) is 9.62. The molecule has 1 unspecified atom stereocenters. The van der Waals surface area contributed by atoms with Gasteiger partial charge in [0.05, 0.1) is 16.4 Å². The maximum atomic E-state index is 15.5. The Morgan fingerprint density at radius 2 is 1.80 bits per heavy atom. The van der Waals surface area contributed by atoms with Crippen LogP contribution in [0.4, 0.5) is 24.5 Å². The maximum Gasteiger partial charge on any atom is 0.346 e. The molecular weight excluding hydrogens is 581 g/mol. The molecular formula is C24H29F3N2O9S2. The topological polar surface area (TPSA) is 153 Å². The minimum absolute atomic E-state index is 0.132. The molecule has 0 heterocycles. The van der Waals surface area contributed by atoms with Crippen LogP contribution < -0.4 is 9.04 Å². The highest BCUT2D eigenvalue weighted by Gasteiger charge is 2.32. The number of rotatable bonds is 12. The smallest absolute Gasteiger partial charge is 0.346 e. The summed E-state index contributed by atoms with van der Waals surface area (Å²) in [5.41, 5.74) is -3.46. The van der Waals surface area contributed by atoms with Crippen molar-refractivity contribution in [1.29, 1.82) is 0 Å². The third-order valence-corrected chi connectivity index (χ3v) is 7.99. The van der Waals surface area contributed by atoms with E-state index in [1.807, 2.05) is 0 Å². The molecule has 0 saturated carbocycles. The van der Waals surface area contributed by atoms with Crippen molar-refractivity contribution in [3.8, 4) is 11.5 Å². The summed E-state index contributed by atoms with van der Waals surface area (Å²) in [6.45, 7) is 6.86. The van der Waals surface area contributed by atoms with Crippen molar-refractivity contribution in [2.75, 3.05) is 22.4 Å². The number of sulfone groups is 1. The molecule has 0 saturated heterocycles. The summed E-state index contributed by atoms with van der Waals surface area (Å²) in [7, 11) is -3.49. The number of hydrogen-bond donors (Lipinski definition) is 1. The largest absolute Gasteiger partial charge is 0.456 e. The van der Waals surface area contributed by atoms with Gasteiger partial charge in [0.1, 0.15) is 26.8 Å². The van der Waals surface area contributed by atoms with Crippen LogP contribution in [0.15, 0.2) is 18.2 Å². The molecule has 0 aliphatic heterocycles. The lowest BCUT2D eigenvalue weighted by atomic mass is 10.0. The molecule has 222 valence electrons. The van der Waals surface area contributed by atoms with Crippen LogP contribution in [-0.2, 0) is 25.8 Å². The van der Waals surface area contributed by atoms with Crippen LogP contribution in [0.2, 0.25) is 0 Å². The summed E-state index contributed by atoms with van der Waals surface area (Å²) in [5.74, 6) is -8.61. The number of benzene rings is 2. The Bertz CT molecular complexity index is 1430. The molecule has 0 spiro atoms. The van der Waals surface area contributed by atoms with E-state index in [2.05, 4.69) is 0 Å². The minimum Gasteiger partial charge on any atom is -0.456 e. The van der Waals surface area contributed by atoms with Crippen molar-refractivity contribution in [1.82, 2.24) is 0 Å². The third-order valence-electron chi connectivity index (χ3n) is 5.29. The predicted octanol–water partition coefficient (Wildman–Crippen LogP) is 5.23. The quantitative estimate of drug-likeness (QED) is 0.112. The van der Waals surface area contributed by atoms with E-state index < -0.39 is 95.8 Å². The Balaban J connectivity index is 2.57. The summed E-state index contributed by atoms with van der Waals surface area (Å²) in [5, 5.41) is 11.5. The maximum absolute atomic E-state index is 15.5. The summed E-state index contributed by atoms with van der Waals surface area (Å²) in [6.07, 6.45) is 0.109. The average Bonchev–Trinajstić information content (AvgIpc) is 2.81. The molecule has 16 heteroatoms. The highest BCUT2D eigenvalue weighted by Crippen LogP contribution is 2.39. The minimum atomic E-state index is -3.49. The molecule has 0 aliphatic rings. The van der Waals surface area contributed by atoms with Gasteiger partial charge in [-0.25, -0.2) is 26.2 Å². The zero-order valence-electron chi connectivity index (χ0n) is 22.3. The molecule has 1 N–H and O–H groups in total. The number of esters is 1. The Morgan fingerprint density at radius 3 is 2.33 bits per heavy atom. The van der Waals surface area contributed by atoms with Crippen LogP contribution in [0, 0.1) is 34.5 Å². The molecule has 0 bridgehead atoms. The zero-order chi connectivity index (χ0) is 30.6. The fourth-order valence-corrected chi connectivity index (χ4v) is 5.58. The Morgan fingerprint density at radius 1 is 1.18 bits per heavy atom. The summed E-state index contributed by atoms with van der Waals surface area (Å²) in [4.78, 5) is 23.4. The molecule has 0 radical (unpaired) electrons. The Labute approximate surface area is 231 Å². The van der Waals surface area contributed by atoms with Gasteiger partial charge in [-0.05, 0) is 46.6 Å². The van der Waals surface area contributed by atoms with Crippen molar-refractivity contribution >= 4 is 38.4 Å². The van der Waals surface area contributed by atoms with E-state index >= 15 is 4.39 Å². The van der Waals surface area contributed by atoms with E-state index in [9.17, 15) is 40.9 Å². The number of halogens is 3. The SMILES string of the molecule is CCCS(=O)(=O)CCCN(c1cc(F)c(F)c(Oc2ccc([N+](=O)[O-])c(C(=O)OC(C)(C)C)c2C)c1F)S(=O)O. The number of nitro benzene ring substituents is 1. The number of nitro groups is 1. The molecule has 2 rings (SSSR count). The standard InChI is InChI=1S/C24H29F3N2O9S2/c1-6-11-40(35,36)12-7-10-28(39(33)34)17-13-15(25)20(26)22(21(17)27)37-18-9-8-16(29(31)32)19(14(18)2)23(30)38-24(3,4)5/h8-9,13H,6-7,10-12H2,1-5H3,(H,33,34). The van der Waals surface area contributed by atoms with E-state index in [0.717, 1.165) is 12.1 Å². The highest BCUT2D eigenvalue weighted by atomic mass is 32.2. The van der Waals surface area contributed by atoms with E-state index in [-0.39, 0.29) is 17.7 Å². The number of ether oxygens (including phenoxy) is 2. The van der Waals surface area contributed by atoms with E-state index in [0.29, 0.717) is 16.8 Å². The van der Waals surface area contributed by atoms with Gasteiger partial charge in [0.2, 0.25) is 11.6 Å². The highest BCUT2D eigenvalue weighted by molar-refractivity contribution is 7.91. The van der Waals surface area contributed by atoms with E-state index in [1.54, 1.807) is 6.92 Å². The van der Waals surface area contributed by atoms with Crippen molar-refractivity contribution in [3.63, 3.8) is 0 Å². The van der Waals surface area contributed by atoms with Crippen molar-refractivity contribution in [2.24, 2.45) is 0 Å². The van der Waals surface area contributed by atoms with Crippen molar-refractivity contribution < 1.29 is 49.5 Å². The molecule has 0 aromatic heterocycles. The Hall–Kier alpha value is -3.24. The van der Waals surface area contributed by atoms with Gasteiger partial charge in [-0.1, -0.05) is 6.92 Å². The second-order valence-corrected chi connectivity index (χ2v) is 12.8.